The molecule has 0 atom stereocenters. The fourth-order valence-electron chi connectivity index (χ4n) is 0.973. The molecule has 0 N–H and O–H groups in total. The van der Waals surface area contributed by atoms with Gasteiger partial charge in [0.05, 0.1) is 6.61 Å². The summed E-state index contributed by atoms with van der Waals surface area (Å²) in [6.45, 7) is 2.68. The molecule has 0 radical (unpaired) electrons. The number of para-hydroxylation sites is 1. The second kappa shape index (κ2) is 4.99. The predicted octanol–water partition coefficient (Wildman–Crippen LogP) is 3.45. The lowest BCUT2D eigenvalue weighted by atomic mass is 10.2. The molecule has 0 aliphatic carbocycles. The Morgan fingerprint density at radius 3 is 2.83 bits per heavy atom. The molecule has 0 amide bonds. The first-order valence-electron chi connectivity index (χ1n) is 3.87. The molecule has 1 aromatic rings. The molecule has 0 aliphatic heterocycles. The van der Waals surface area contributed by atoms with Gasteiger partial charge in [0.2, 0.25) is 0 Å². The maximum Gasteiger partial charge on any atom is 0.126 e. The summed E-state index contributed by atoms with van der Waals surface area (Å²) in [5, 5.41) is 0. The van der Waals surface area contributed by atoms with Crippen molar-refractivity contribution < 1.29 is 4.74 Å². The summed E-state index contributed by atoms with van der Waals surface area (Å²) in [6.07, 6.45) is 1.96. The lowest BCUT2D eigenvalue weighted by Crippen LogP contribution is -1.92. The maximum atomic E-state index is 5.42. The highest BCUT2D eigenvalue weighted by Crippen LogP contribution is 2.19. The minimum Gasteiger partial charge on any atom is -0.493 e. The first-order chi connectivity index (χ1) is 5.88. The molecule has 2 heteroatoms. The molecule has 0 fully saturated rings. The largest absolute Gasteiger partial charge is 0.493 e. The number of hydrogen-bond donors (Lipinski definition) is 0. The molecule has 0 unspecified atom stereocenters. The highest BCUT2D eigenvalue weighted by molar-refractivity contribution is 9.11. The molecule has 0 aromatic heterocycles. The lowest BCUT2D eigenvalue weighted by molar-refractivity contribution is 0.339. The Hall–Kier alpha value is -0.760. The Morgan fingerprint density at radius 2 is 2.17 bits per heavy atom. The third-order valence-corrected chi connectivity index (χ3v) is 1.73. The van der Waals surface area contributed by atoms with Crippen LogP contribution in [0.3, 0.4) is 0 Å². The molecule has 0 aliphatic rings. The third-order valence-electron chi connectivity index (χ3n) is 1.46. The summed E-state index contributed by atoms with van der Waals surface area (Å²) in [5.74, 6) is 0.927. The monoisotopic (exact) mass is 226 g/mol. The molecule has 0 saturated carbocycles. The zero-order valence-corrected chi connectivity index (χ0v) is 8.54. The van der Waals surface area contributed by atoms with E-state index in [1.165, 1.54) is 0 Å². The molecule has 64 valence electrons. The summed E-state index contributed by atoms with van der Waals surface area (Å²) in [4.78, 5) is 1.82. The summed E-state index contributed by atoms with van der Waals surface area (Å²) >= 11 is 3.24. The Bertz CT molecular complexity index is 268. The van der Waals surface area contributed by atoms with E-state index in [1.807, 2.05) is 42.3 Å². The minimum atomic E-state index is 0.702. The van der Waals surface area contributed by atoms with Crippen molar-refractivity contribution in [3.8, 4) is 5.75 Å². The van der Waals surface area contributed by atoms with Gasteiger partial charge in [-0.1, -0.05) is 34.1 Å². The highest BCUT2D eigenvalue weighted by atomic mass is 79.9. The molecule has 0 heterocycles. The van der Waals surface area contributed by atoms with Gasteiger partial charge in [0, 0.05) is 5.56 Å². The molecule has 0 saturated heterocycles. The molecule has 1 rings (SSSR count). The van der Waals surface area contributed by atoms with E-state index in [4.69, 9.17) is 4.74 Å². The van der Waals surface area contributed by atoms with Crippen molar-refractivity contribution in [1.29, 1.82) is 0 Å². The van der Waals surface area contributed by atoms with Gasteiger partial charge in [0.15, 0.2) is 0 Å². The third kappa shape index (κ3) is 2.38. The normalized spacial score (nSPS) is 10.5. The van der Waals surface area contributed by atoms with Gasteiger partial charge in [-0.05, 0) is 24.1 Å². The van der Waals surface area contributed by atoms with Crippen molar-refractivity contribution in [3.05, 3.63) is 34.8 Å². The Kier molecular flexibility index (Phi) is 3.88. The molecule has 0 spiro atoms. The van der Waals surface area contributed by atoms with Gasteiger partial charge < -0.3 is 4.74 Å². The summed E-state index contributed by atoms with van der Waals surface area (Å²) in [7, 11) is 0. The van der Waals surface area contributed by atoms with Crippen LogP contribution in [-0.2, 0) is 0 Å². The van der Waals surface area contributed by atoms with Crippen LogP contribution in [0.25, 0.3) is 6.08 Å². The standard InChI is InChI=1S/C10H11BrO/c1-2-12-10-6-4-3-5-9(10)7-8-11/h3-8H,2H2,1H3/b8-7+. The van der Waals surface area contributed by atoms with E-state index >= 15 is 0 Å². The van der Waals surface area contributed by atoms with Crippen molar-refractivity contribution in [2.45, 2.75) is 6.92 Å². The maximum absolute atomic E-state index is 5.42. The van der Waals surface area contributed by atoms with Crippen molar-refractivity contribution in [2.24, 2.45) is 0 Å². The summed E-state index contributed by atoms with van der Waals surface area (Å²) in [5.41, 5.74) is 1.09. The molecule has 0 bridgehead atoms. The first kappa shape index (κ1) is 9.33. The van der Waals surface area contributed by atoms with Crippen LogP contribution in [0.2, 0.25) is 0 Å². The second-order valence-corrected chi connectivity index (χ2v) is 2.79. The van der Waals surface area contributed by atoms with Crippen LogP contribution >= 0.6 is 15.9 Å². The quantitative estimate of drug-likeness (QED) is 0.768. The van der Waals surface area contributed by atoms with Gasteiger partial charge in [-0.15, -0.1) is 0 Å². The SMILES string of the molecule is CCOc1ccccc1/C=C/Br. The van der Waals surface area contributed by atoms with Gasteiger partial charge in [-0.25, -0.2) is 0 Å². The molecule has 1 nitrogen and oxygen atoms in total. The zero-order valence-electron chi connectivity index (χ0n) is 6.96. The summed E-state index contributed by atoms with van der Waals surface area (Å²) in [6, 6.07) is 7.94. The van der Waals surface area contributed by atoms with E-state index in [0.717, 1.165) is 11.3 Å². The van der Waals surface area contributed by atoms with Crippen molar-refractivity contribution in [3.63, 3.8) is 0 Å². The van der Waals surface area contributed by atoms with Gasteiger partial charge in [0.25, 0.3) is 0 Å². The molecular weight excluding hydrogens is 216 g/mol. The van der Waals surface area contributed by atoms with Gasteiger partial charge in [0.1, 0.15) is 5.75 Å². The van der Waals surface area contributed by atoms with E-state index in [2.05, 4.69) is 15.9 Å². The fraction of sp³-hybridized carbons (Fsp3) is 0.200. The van der Waals surface area contributed by atoms with Crippen LogP contribution < -0.4 is 4.74 Å². The van der Waals surface area contributed by atoms with Crippen LogP contribution in [0.4, 0.5) is 0 Å². The van der Waals surface area contributed by atoms with Crippen molar-refractivity contribution in [2.75, 3.05) is 6.61 Å². The van der Waals surface area contributed by atoms with Crippen LogP contribution in [-0.4, -0.2) is 6.61 Å². The van der Waals surface area contributed by atoms with Crippen molar-refractivity contribution in [1.82, 2.24) is 0 Å². The van der Waals surface area contributed by atoms with Gasteiger partial charge >= 0.3 is 0 Å². The van der Waals surface area contributed by atoms with Gasteiger partial charge in [-0.3, -0.25) is 0 Å². The number of rotatable bonds is 3. The number of halogens is 1. The van der Waals surface area contributed by atoms with Gasteiger partial charge in [-0.2, -0.15) is 0 Å². The average Bonchev–Trinajstić information content (AvgIpc) is 2.09. The molecule has 1 aromatic carbocycles. The fourth-order valence-corrected chi connectivity index (χ4v) is 1.26. The highest BCUT2D eigenvalue weighted by Gasteiger charge is 1.96. The lowest BCUT2D eigenvalue weighted by Gasteiger charge is -2.05. The first-order valence-corrected chi connectivity index (χ1v) is 4.78. The average molecular weight is 227 g/mol. The Morgan fingerprint density at radius 1 is 1.42 bits per heavy atom. The smallest absolute Gasteiger partial charge is 0.126 e. The van der Waals surface area contributed by atoms with Crippen LogP contribution in [0, 0.1) is 0 Å². The van der Waals surface area contributed by atoms with E-state index in [-0.39, 0.29) is 0 Å². The summed E-state index contributed by atoms with van der Waals surface area (Å²) < 4.78 is 5.42. The second-order valence-electron chi connectivity index (χ2n) is 2.26. The van der Waals surface area contributed by atoms with E-state index in [1.54, 1.807) is 0 Å². The minimum absolute atomic E-state index is 0.702. The van der Waals surface area contributed by atoms with Crippen LogP contribution in [0.15, 0.2) is 29.3 Å². The van der Waals surface area contributed by atoms with Crippen LogP contribution in [0.1, 0.15) is 12.5 Å². The molecular formula is C10H11BrO. The number of ether oxygens (including phenoxy) is 1. The van der Waals surface area contributed by atoms with Crippen LogP contribution in [0.5, 0.6) is 5.75 Å². The predicted molar refractivity (Wildman–Crippen MR) is 55.6 cm³/mol. The van der Waals surface area contributed by atoms with E-state index in [0.29, 0.717) is 6.61 Å². The Labute approximate surface area is 81.2 Å². The van der Waals surface area contributed by atoms with E-state index in [9.17, 15) is 0 Å². The molecule has 12 heavy (non-hydrogen) atoms. The number of benzene rings is 1. The zero-order chi connectivity index (χ0) is 8.81. The van der Waals surface area contributed by atoms with Crippen molar-refractivity contribution >= 4 is 22.0 Å². The Balaban J connectivity index is 2.91. The van der Waals surface area contributed by atoms with E-state index < -0.39 is 0 Å². The number of hydrogen-bond acceptors (Lipinski definition) is 1. The topological polar surface area (TPSA) is 9.23 Å².